The molecular formula is C14H21BrO4. The lowest BCUT2D eigenvalue weighted by molar-refractivity contribution is 0.000680. The predicted octanol–water partition coefficient (Wildman–Crippen LogP) is 2.81. The van der Waals surface area contributed by atoms with Crippen LogP contribution < -0.4 is 4.74 Å². The molecule has 0 amide bonds. The molecule has 0 aliphatic rings. The molecule has 0 saturated carbocycles. The van der Waals surface area contributed by atoms with E-state index in [1.165, 1.54) is 0 Å². The van der Waals surface area contributed by atoms with E-state index >= 15 is 0 Å². The third-order valence-corrected chi connectivity index (χ3v) is 3.17. The van der Waals surface area contributed by atoms with Crippen LogP contribution in [-0.4, -0.2) is 46.0 Å². The summed E-state index contributed by atoms with van der Waals surface area (Å²) in [5.74, 6) is 0.836. The van der Waals surface area contributed by atoms with Crippen molar-refractivity contribution < 1.29 is 18.9 Å². The maximum atomic E-state index is 5.79. The normalized spacial score (nSPS) is 12.4. The minimum atomic E-state index is 0.00104. The fraction of sp³-hybridized carbons (Fsp3) is 0.571. The van der Waals surface area contributed by atoms with Crippen LogP contribution in [0.2, 0.25) is 0 Å². The molecule has 0 radical (unpaired) electrons. The quantitative estimate of drug-likeness (QED) is 0.487. The zero-order valence-electron chi connectivity index (χ0n) is 11.4. The van der Waals surface area contributed by atoms with Crippen LogP contribution in [-0.2, 0) is 14.2 Å². The Morgan fingerprint density at radius 3 is 2.58 bits per heavy atom. The number of rotatable bonds is 10. The minimum absolute atomic E-state index is 0.00104. The average Bonchev–Trinajstić information content (AvgIpc) is 2.46. The highest BCUT2D eigenvalue weighted by atomic mass is 79.9. The fourth-order valence-corrected chi connectivity index (χ4v) is 2.13. The lowest BCUT2D eigenvalue weighted by Gasteiger charge is -2.16. The largest absolute Gasteiger partial charge is 0.497 e. The van der Waals surface area contributed by atoms with Gasteiger partial charge in [0.2, 0.25) is 0 Å². The van der Waals surface area contributed by atoms with Crippen molar-refractivity contribution in [1.29, 1.82) is 0 Å². The number of methoxy groups -OCH3 is 2. The molecule has 5 heteroatoms. The molecule has 0 aromatic heterocycles. The zero-order valence-corrected chi connectivity index (χ0v) is 13.0. The summed E-state index contributed by atoms with van der Waals surface area (Å²) in [6.45, 7) is 2.32. The van der Waals surface area contributed by atoms with Gasteiger partial charge in [-0.15, -0.1) is 0 Å². The van der Waals surface area contributed by atoms with Crippen LogP contribution in [0.5, 0.6) is 5.75 Å². The molecule has 1 atom stereocenters. The van der Waals surface area contributed by atoms with Crippen LogP contribution in [0.25, 0.3) is 0 Å². The van der Waals surface area contributed by atoms with Gasteiger partial charge < -0.3 is 18.9 Å². The number of ether oxygens (including phenoxy) is 4. The molecule has 1 rings (SSSR count). The second-order valence-corrected chi connectivity index (χ2v) is 4.54. The third kappa shape index (κ3) is 6.38. The van der Waals surface area contributed by atoms with E-state index in [9.17, 15) is 0 Å². The molecule has 0 bridgehead atoms. The van der Waals surface area contributed by atoms with Crippen LogP contribution in [0.4, 0.5) is 0 Å². The summed E-state index contributed by atoms with van der Waals surface area (Å²) >= 11 is 3.47. The summed E-state index contributed by atoms with van der Waals surface area (Å²) in [4.78, 5) is 0. The summed E-state index contributed by atoms with van der Waals surface area (Å²) in [5.41, 5.74) is 1.09. The minimum Gasteiger partial charge on any atom is -0.497 e. The van der Waals surface area contributed by atoms with E-state index in [-0.39, 0.29) is 6.10 Å². The second-order valence-electron chi connectivity index (χ2n) is 3.90. The monoisotopic (exact) mass is 332 g/mol. The van der Waals surface area contributed by atoms with E-state index < -0.39 is 0 Å². The molecule has 1 aromatic rings. The van der Waals surface area contributed by atoms with E-state index in [1.54, 1.807) is 14.2 Å². The summed E-state index contributed by atoms with van der Waals surface area (Å²) in [6, 6.07) is 7.89. The molecule has 0 fully saturated rings. The summed E-state index contributed by atoms with van der Waals surface area (Å²) in [7, 11) is 3.32. The van der Waals surface area contributed by atoms with E-state index in [0.29, 0.717) is 26.4 Å². The third-order valence-electron chi connectivity index (χ3n) is 2.58. The molecule has 0 aliphatic heterocycles. The molecule has 0 saturated heterocycles. The number of benzene rings is 1. The number of hydrogen-bond acceptors (Lipinski definition) is 4. The molecule has 1 aromatic carbocycles. The van der Waals surface area contributed by atoms with Crippen molar-refractivity contribution in [2.75, 3.05) is 46.0 Å². The zero-order chi connectivity index (χ0) is 13.9. The van der Waals surface area contributed by atoms with Gasteiger partial charge in [0, 0.05) is 12.4 Å². The van der Waals surface area contributed by atoms with Crippen molar-refractivity contribution in [3.8, 4) is 5.75 Å². The van der Waals surface area contributed by atoms with Crippen molar-refractivity contribution in [1.82, 2.24) is 0 Å². The summed E-state index contributed by atoms with van der Waals surface area (Å²) in [6.07, 6.45) is 0.00104. The number of halogens is 1. The maximum absolute atomic E-state index is 5.79. The molecular weight excluding hydrogens is 312 g/mol. The first-order valence-electron chi connectivity index (χ1n) is 6.20. The standard InChI is InChI=1S/C14H21BrO4/c1-16-6-7-18-8-9-19-14(11-15)12-4-3-5-13(10-12)17-2/h3-5,10,14H,6-9,11H2,1-2H3. The molecule has 1 unspecified atom stereocenters. The Balaban J connectivity index is 2.35. The van der Waals surface area contributed by atoms with Crippen molar-refractivity contribution >= 4 is 15.9 Å². The Bertz CT molecular complexity index is 346. The first-order chi connectivity index (χ1) is 9.31. The first kappa shape index (κ1) is 16.4. The summed E-state index contributed by atoms with van der Waals surface area (Å²) < 4.78 is 21.3. The maximum Gasteiger partial charge on any atom is 0.119 e. The molecule has 0 spiro atoms. The first-order valence-corrected chi connectivity index (χ1v) is 7.32. The predicted molar refractivity (Wildman–Crippen MR) is 78.2 cm³/mol. The van der Waals surface area contributed by atoms with E-state index in [1.807, 2.05) is 24.3 Å². The topological polar surface area (TPSA) is 36.9 Å². The highest BCUT2D eigenvalue weighted by Gasteiger charge is 2.11. The fourth-order valence-electron chi connectivity index (χ4n) is 1.57. The van der Waals surface area contributed by atoms with Crippen LogP contribution >= 0.6 is 15.9 Å². The van der Waals surface area contributed by atoms with Crippen LogP contribution in [0.3, 0.4) is 0 Å². The molecule has 0 heterocycles. The smallest absolute Gasteiger partial charge is 0.119 e. The average molecular weight is 333 g/mol. The van der Waals surface area contributed by atoms with E-state index in [4.69, 9.17) is 18.9 Å². The van der Waals surface area contributed by atoms with Crippen molar-refractivity contribution in [3.05, 3.63) is 29.8 Å². The Hall–Kier alpha value is -0.620. The van der Waals surface area contributed by atoms with Crippen molar-refractivity contribution in [2.24, 2.45) is 0 Å². The van der Waals surface area contributed by atoms with Crippen LogP contribution in [0, 0.1) is 0 Å². The van der Waals surface area contributed by atoms with Gasteiger partial charge in [-0.25, -0.2) is 0 Å². The molecule has 19 heavy (non-hydrogen) atoms. The molecule has 4 nitrogen and oxygen atoms in total. The van der Waals surface area contributed by atoms with Crippen LogP contribution in [0.15, 0.2) is 24.3 Å². The summed E-state index contributed by atoms with van der Waals surface area (Å²) in [5, 5.41) is 0.734. The lowest BCUT2D eigenvalue weighted by atomic mass is 10.1. The van der Waals surface area contributed by atoms with Gasteiger partial charge in [0.05, 0.1) is 39.6 Å². The molecule has 0 N–H and O–H groups in total. The van der Waals surface area contributed by atoms with Crippen molar-refractivity contribution in [2.45, 2.75) is 6.10 Å². The van der Waals surface area contributed by atoms with E-state index in [0.717, 1.165) is 16.6 Å². The number of hydrogen-bond donors (Lipinski definition) is 0. The van der Waals surface area contributed by atoms with Gasteiger partial charge in [0.1, 0.15) is 5.75 Å². The van der Waals surface area contributed by atoms with Gasteiger partial charge in [-0.2, -0.15) is 0 Å². The van der Waals surface area contributed by atoms with E-state index in [2.05, 4.69) is 15.9 Å². The highest BCUT2D eigenvalue weighted by Crippen LogP contribution is 2.23. The van der Waals surface area contributed by atoms with Crippen LogP contribution in [0.1, 0.15) is 11.7 Å². The number of alkyl halides is 1. The van der Waals surface area contributed by atoms with Gasteiger partial charge in [0.15, 0.2) is 0 Å². The second kappa shape index (κ2) is 10.2. The molecule has 0 aliphatic carbocycles. The van der Waals surface area contributed by atoms with Gasteiger partial charge in [-0.3, -0.25) is 0 Å². The highest BCUT2D eigenvalue weighted by molar-refractivity contribution is 9.09. The Labute approximate surface area is 123 Å². The molecule has 108 valence electrons. The Kier molecular flexibility index (Phi) is 8.82. The SMILES string of the molecule is COCCOCCOC(CBr)c1cccc(OC)c1. The Morgan fingerprint density at radius 2 is 1.89 bits per heavy atom. The van der Waals surface area contributed by atoms with Gasteiger partial charge in [-0.1, -0.05) is 28.1 Å². The van der Waals surface area contributed by atoms with Gasteiger partial charge >= 0.3 is 0 Å². The Morgan fingerprint density at radius 1 is 1.11 bits per heavy atom. The van der Waals surface area contributed by atoms with Gasteiger partial charge in [-0.05, 0) is 17.7 Å². The van der Waals surface area contributed by atoms with Gasteiger partial charge in [0.25, 0.3) is 0 Å². The van der Waals surface area contributed by atoms with Crippen molar-refractivity contribution in [3.63, 3.8) is 0 Å². The lowest BCUT2D eigenvalue weighted by Crippen LogP contribution is -2.12.